The predicted octanol–water partition coefficient (Wildman–Crippen LogP) is 3.78. The Morgan fingerprint density at radius 1 is 1.23 bits per heavy atom. The molecule has 2 heterocycles. The average molecular weight is 415 g/mol. The number of furan rings is 1. The maximum absolute atomic E-state index is 11.9. The number of carbonyl (C=O) groups is 1. The molecule has 1 N–H and O–H groups in total. The number of halogens is 1. The summed E-state index contributed by atoms with van der Waals surface area (Å²) in [6.45, 7) is 0. The van der Waals surface area contributed by atoms with Crippen LogP contribution < -0.4 is 5.43 Å². The molecule has 0 saturated carbocycles. The van der Waals surface area contributed by atoms with Crippen molar-refractivity contribution in [2.45, 2.75) is 0 Å². The van der Waals surface area contributed by atoms with Crippen molar-refractivity contribution in [3.8, 4) is 11.3 Å². The van der Waals surface area contributed by atoms with Gasteiger partial charge < -0.3 is 4.42 Å². The van der Waals surface area contributed by atoms with E-state index in [0.29, 0.717) is 27.1 Å². The van der Waals surface area contributed by atoms with E-state index < -0.39 is 10.8 Å². The molecule has 1 aromatic carbocycles. The second-order valence-corrected chi connectivity index (χ2v) is 6.01. The predicted molar refractivity (Wildman–Crippen MR) is 97.8 cm³/mol. The second-order valence-electron chi connectivity index (χ2n) is 5.10. The highest BCUT2D eigenvalue weighted by molar-refractivity contribution is 9.10. The van der Waals surface area contributed by atoms with E-state index in [1.807, 2.05) is 0 Å². The van der Waals surface area contributed by atoms with Gasteiger partial charge in [-0.3, -0.25) is 19.9 Å². The van der Waals surface area contributed by atoms with E-state index >= 15 is 0 Å². The van der Waals surface area contributed by atoms with Crippen molar-refractivity contribution >= 4 is 33.7 Å². The van der Waals surface area contributed by atoms with Crippen LogP contribution in [-0.4, -0.2) is 22.0 Å². The standard InChI is InChI=1S/C17H11BrN4O4/c18-13-7-12(8-19-9-13)17(23)21-20-10-15-5-6-16(26-15)11-1-3-14(4-2-11)22(24)25/h1-10H,(H,21,23)/b20-10+. The van der Waals surface area contributed by atoms with E-state index in [0.717, 1.165) is 0 Å². The first-order valence-electron chi connectivity index (χ1n) is 7.31. The maximum atomic E-state index is 11.9. The molecule has 0 unspecified atom stereocenters. The lowest BCUT2D eigenvalue weighted by atomic mass is 10.1. The number of hydrazone groups is 1. The number of hydrogen-bond acceptors (Lipinski definition) is 6. The molecule has 0 radical (unpaired) electrons. The van der Waals surface area contributed by atoms with Gasteiger partial charge in [0.2, 0.25) is 0 Å². The minimum atomic E-state index is -0.465. The Labute approximate surface area is 155 Å². The van der Waals surface area contributed by atoms with Gasteiger partial charge in [0, 0.05) is 34.6 Å². The van der Waals surface area contributed by atoms with Crippen LogP contribution in [-0.2, 0) is 0 Å². The SMILES string of the molecule is O=C(N/N=C/c1ccc(-c2ccc([N+](=O)[O-])cc2)o1)c1cncc(Br)c1. The molecular weight excluding hydrogens is 404 g/mol. The van der Waals surface area contributed by atoms with Crippen LogP contribution in [0.5, 0.6) is 0 Å². The van der Waals surface area contributed by atoms with Crippen LogP contribution in [0.25, 0.3) is 11.3 Å². The van der Waals surface area contributed by atoms with E-state index in [4.69, 9.17) is 4.42 Å². The number of benzene rings is 1. The summed E-state index contributed by atoms with van der Waals surface area (Å²) in [6.07, 6.45) is 4.36. The molecule has 9 heteroatoms. The first kappa shape index (κ1) is 17.5. The molecule has 3 rings (SSSR count). The smallest absolute Gasteiger partial charge is 0.272 e. The van der Waals surface area contributed by atoms with Crippen LogP contribution in [0.2, 0.25) is 0 Å². The lowest BCUT2D eigenvalue weighted by molar-refractivity contribution is -0.384. The Morgan fingerprint density at radius 2 is 2.00 bits per heavy atom. The molecule has 0 aliphatic carbocycles. The van der Waals surface area contributed by atoms with Crippen LogP contribution in [0.1, 0.15) is 16.1 Å². The zero-order valence-electron chi connectivity index (χ0n) is 13.1. The van der Waals surface area contributed by atoms with E-state index in [1.54, 1.807) is 36.5 Å². The molecule has 8 nitrogen and oxygen atoms in total. The monoisotopic (exact) mass is 414 g/mol. The number of nitro benzene ring substituents is 1. The fraction of sp³-hybridized carbons (Fsp3) is 0. The van der Waals surface area contributed by atoms with Gasteiger partial charge in [0.25, 0.3) is 11.6 Å². The van der Waals surface area contributed by atoms with Gasteiger partial charge >= 0.3 is 0 Å². The number of non-ortho nitro benzene ring substituents is 1. The Morgan fingerprint density at radius 3 is 2.69 bits per heavy atom. The summed E-state index contributed by atoms with van der Waals surface area (Å²) in [5.41, 5.74) is 3.44. The molecule has 0 atom stereocenters. The van der Waals surface area contributed by atoms with Gasteiger partial charge in [-0.1, -0.05) is 0 Å². The van der Waals surface area contributed by atoms with Crippen molar-refractivity contribution in [1.82, 2.24) is 10.4 Å². The van der Waals surface area contributed by atoms with Crippen LogP contribution in [0.3, 0.4) is 0 Å². The molecule has 1 amide bonds. The van der Waals surface area contributed by atoms with Gasteiger partial charge in [-0.05, 0) is 46.3 Å². The number of amides is 1. The van der Waals surface area contributed by atoms with Gasteiger partial charge in [-0.2, -0.15) is 5.10 Å². The lowest BCUT2D eigenvalue weighted by Crippen LogP contribution is -2.17. The number of nitro groups is 1. The molecule has 0 spiro atoms. The maximum Gasteiger partial charge on any atom is 0.272 e. The summed E-state index contributed by atoms with van der Waals surface area (Å²) >= 11 is 3.24. The fourth-order valence-electron chi connectivity index (χ4n) is 2.08. The number of nitrogens with one attached hydrogen (secondary N) is 1. The minimum absolute atomic E-state index is 0.00634. The highest BCUT2D eigenvalue weighted by Gasteiger charge is 2.08. The number of nitrogens with zero attached hydrogens (tertiary/aromatic N) is 3. The normalized spacial score (nSPS) is 10.8. The van der Waals surface area contributed by atoms with E-state index in [1.165, 1.54) is 24.5 Å². The van der Waals surface area contributed by atoms with E-state index in [-0.39, 0.29) is 5.69 Å². The zero-order chi connectivity index (χ0) is 18.5. The van der Waals surface area contributed by atoms with Crippen molar-refractivity contribution in [2.75, 3.05) is 0 Å². The lowest BCUT2D eigenvalue weighted by Gasteiger charge is -1.99. The van der Waals surface area contributed by atoms with Gasteiger partial charge in [0.1, 0.15) is 11.5 Å². The first-order valence-corrected chi connectivity index (χ1v) is 8.11. The molecule has 0 aliphatic rings. The van der Waals surface area contributed by atoms with Crippen LogP contribution in [0.15, 0.2) is 68.8 Å². The average Bonchev–Trinajstić information content (AvgIpc) is 3.10. The summed E-state index contributed by atoms with van der Waals surface area (Å²) < 4.78 is 6.27. The molecule has 26 heavy (non-hydrogen) atoms. The van der Waals surface area contributed by atoms with Crippen molar-refractivity contribution in [1.29, 1.82) is 0 Å². The molecule has 3 aromatic rings. The zero-order valence-corrected chi connectivity index (χ0v) is 14.7. The van der Waals surface area contributed by atoms with Crippen LogP contribution in [0.4, 0.5) is 5.69 Å². The van der Waals surface area contributed by atoms with Gasteiger partial charge in [-0.25, -0.2) is 5.43 Å². The van der Waals surface area contributed by atoms with Crippen LogP contribution in [0, 0.1) is 10.1 Å². The van der Waals surface area contributed by atoms with Gasteiger partial charge in [-0.15, -0.1) is 0 Å². The highest BCUT2D eigenvalue weighted by Crippen LogP contribution is 2.24. The largest absolute Gasteiger partial charge is 0.455 e. The van der Waals surface area contributed by atoms with E-state index in [9.17, 15) is 14.9 Å². The van der Waals surface area contributed by atoms with Gasteiger partial charge in [0.15, 0.2) is 0 Å². The number of rotatable bonds is 5. The van der Waals surface area contributed by atoms with Crippen molar-refractivity contribution in [3.05, 3.63) is 80.8 Å². The Hall–Kier alpha value is -3.33. The Bertz CT molecular complexity index is 982. The first-order chi connectivity index (χ1) is 12.5. The van der Waals surface area contributed by atoms with Crippen molar-refractivity contribution in [2.24, 2.45) is 5.10 Å². The molecule has 0 aliphatic heterocycles. The molecule has 2 aromatic heterocycles. The Balaban J connectivity index is 1.65. The summed E-state index contributed by atoms with van der Waals surface area (Å²) in [7, 11) is 0. The summed E-state index contributed by atoms with van der Waals surface area (Å²) in [4.78, 5) is 26.0. The topological polar surface area (TPSA) is 111 Å². The highest BCUT2D eigenvalue weighted by atomic mass is 79.9. The van der Waals surface area contributed by atoms with Crippen LogP contribution >= 0.6 is 15.9 Å². The Kier molecular flexibility index (Phi) is 5.18. The summed E-state index contributed by atoms with van der Waals surface area (Å²) in [5.74, 6) is 0.548. The number of carbonyl (C=O) groups excluding carboxylic acids is 1. The third-order valence-corrected chi connectivity index (χ3v) is 3.75. The third kappa shape index (κ3) is 4.19. The number of hydrogen-bond donors (Lipinski definition) is 1. The molecule has 130 valence electrons. The molecule has 0 bridgehead atoms. The fourth-order valence-corrected chi connectivity index (χ4v) is 2.44. The number of pyridine rings is 1. The quantitative estimate of drug-likeness (QED) is 0.387. The minimum Gasteiger partial charge on any atom is -0.455 e. The van der Waals surface area contributed by atoms with Crippen molar-refractivity contribution < 1.29 is 14.1 Å². The van der Waals surface area contributed by atoms with Crippen molar-refractivity contribution in [3.63, 3.8) is 0 Å². The third-order valence-electron chi connectivity index (χ3n) is 3.31. The van der Waals surface area contributed by atoms with E-state index in [2.05, 4.69) is 31.4 Å². The molecule has 0 saturated heterocycles. The van der Waals surface area contributed by atoms with Gasteiger partial charge in [0.05, 0.1) is 16.7 Å². The summed E-state index contributed by atoms with van der Waals surface area (Å²) in [6, 6.07) is 11.0. The summed E-state index contributed by atoms with van der Waals surface area (Å²) in [5, 5.41) is 14.5. The molecule has 0 fully saturated rings. The molecular formula is C17H11BrN4O4. The second kappa shape index (κ2) is 7.70. The number of aromatic nitrogens is 1.